The van der Waals surface area contributed by atoms with Crippen LogP contribution in [-0.2, 0) is 11.4 Å². The Labute approximate surface area is 90.1 Å². The topological polar surface area (TPSA) is 39.7 Å². The zero-order valence-electron chi connectivity index (χ0n) is 9.37. The van der Waals surface area contributed by atoms with Gasteiger partial charge in [0.1, 0.15) is 0 Å². The van der Waals surface area contributed by atoms with Crippen molar-refractivity contribution in [2.24, 2.45) is 0 Å². The van der Waals surface area contributed by atoms with E-state index in [1.807, 2.05) is 25.1 Å². The quantitative estimate of drug-likeness (QED) is 0.728. The SMILES string of the molecule is CCOc1cccc(CNOC)c1OC. The monoisotopic (exact) mass is 211 g/mol. The van der Waals surface area contributed by atoms with Gasteiger partial charge in [-0.15, -0.1) is 0 Å². The van der Waals surface area contributed by atoms with Crippen molar-refractivity contribution in [3.05, 3.63) is 23.8 Å². The van der Waals surface area contributed by atoms with Gasteiger partial charge in [-0.25, -0.2) is 0 Å². The molecule has 0 saturated heterocycles. The molecular weight excluding hydrogens is 194 g/mol. The molecule has 0 atom stereocenters. The highest BCUT2D eigenvalue weighted by Gasteiger charge is 2.08. The van der Waals surface area contributed by atoms with E-state index in [0.29, 0.717) is 13.2 Å². The number of ether oxygens (including phenoxy) is 2. The van der Waals surface area contributed by atoms with Crippen LogP contribution in [0.25, 0.3) is 0 Å². The van der Waals surface area contributed by atoms with Gasteiger partial charge in [0.15, 0.2) is 11.5 Å². The van der Waals surface area contributed by atoms with Gasteiger partial charge in [0.2, 0.25) is 0 Å². The van der Waals surface area contributed by atoms with Crippen molar-refractivity contribution in [3.63, 3.8) is 0 Å². The van der Waals surface area contributed by atoms with Crippen LogP contribution in [0, 0.1) is 0 Å². The van der Waals surface area contributed by atoms with E-state index in [1.165, 1.54) is 0 Å². The molecule has 0 fully saturated rings. The highest BCUT2D eigenvalue weighted by atomic mass is 16.6. The van der Waals surface area contributed by atoms with Gasteiger partial charge in [-0.2, -0.15) is 5.48 Å². The summed E-state index contributed by atoms with van der Waals surface area (Å²) in [5.41, 5.74) is 3.78. The lowest BCUT2D eigenvalue weighted by molar-refractivity contribution is 0.0860. The minimum Gasteiger partial charge on any atom is -0.493 e. The summed E-state index contributed by atoms with van der Waals surface area (Å²) >= 11 is 0. The van der Waals surface area contributed by atoms with Gasteiger partial charge in [-0.3, -0.25) is 0 Å². The molecule has 0 radical (unpaired) electrons. The van der Waals surface area contributed by atoms with Gasteiger partial charge in [0, 0.05) is 12.1 Å². The second kappa shape index (κ2) is 6.27. The molecule has 0 aliphatic heterocycles. The third-order valence-corrected chi connectivity index (χ3v) is 1.97. The molecule has 0 heterocycles. The van der Waals surface area contributed by atoms with Crippen LogP contribution < -0.4 is 15.0 Å². The van der Waals surface area contributed by atoms with Crippen LogP contribution >= 0.6 is 0 Å². The van der Waals surface area contributed by atoms with Crippen molar-refractivity contribution >= 4 is 0 Å². The molecule has 0 amide bonds. The van der Waals surface area contributed by atoms with Crippen LogP contribution in [0.15, 0.2) is 18.2 Å². The standard InChI is InChI=1S/C11H17NO3/c1-4-15-10-7-5-6-9(8-12-14-3)11(10)13-2/h5-7,12H,4,8H2,1-3H3. The lowest BCUT2D eigenvalue weighted by Gasteiger charge is -2.13. The maximum atomic E-state index is 5.45. The molecule has 0 aliphatic carbocycles. The summed E-state index contributed by atoms with van der Waals surface area (Å²) < 4.78 is 10.8. The van der Waals surface area contributed by atoms with Crippen molar-refractivity contribution < 1.29 is 14.3 Å². The molecule has 4 nitrogen and oxygen atoms in total. The molecule has 1 N–H and O–H groups in total. The lowest BCUT2D eigenvalue weighted by Crippen LogP contribution is -2.12. The fourth-order valence-corrected chi connectivity index (χ4v) is 1.35. The predicted molar refractivity (Wildman–Crippen MR) is 58.0 cm³/mol. The molecule has 1 aromatic rings. The van der Waals surface area contributed by atoms with Gasteiger partial charge in [0.25, 0.3) is 0 Å². The largest absolute Gasteiger partial charge is 0.493 e. The first-order chi connectivity index (χ1) is 7.33. The number of hydroxylamine groups is 1. The maximum Gasteiger partial charge on any atom is 0.165 e. The summed E-state index contributed by atoms with van der Waals surface area (Å²) in [5.74, 6) is 1.51. The van der Waals surface area contributed by atoms with Gasteiger partial charge in [-0.05, 0) is 13.0 Å². The number of methoxy groups -OCH3 is 1. The van der Waals surface area contributed by atoms with Crippen molar-refractivity contribution in [1.29, 1.82) is 0 Å². The van der Waals surface area contributed by atoms with Crippen LogP contribution in [0.4, 0.5) is 0 Å². The molecule has 0 spiro atoms. The van der Waals surface area contributed by atoms with Crippen molar-refractivity contribution in [1.82, 2.24) is 5.48 Å². The molecule has 1 aromatic carbocycles. The smallest absolute Gasteiger partial charge is 0.165 e. The fraction of sp³-hybridized carbons (Fsp3) is 0.455. The van der Waals surface area contributed by atoms with Gasteiger partial charge < -0.3 is 14.3 Å². The molecule has 0 unspecified atom stereocenters. The highest BCUT2D eigenvalue weighted by molar-refractivity contribution is 5.46. The molecule has 0 aliphatic rings. The Kier molecular flexibility index (Phi) is 4.93. The van der Waals surface area contributed by atoms with Crippen LogP contribution in [-0.4, -0.2) is 20.8 Å². The molecule has 84 valence electrons. The molecule has 0 saturated carbocycles. The highest BCUT2D eigenvalue weighted by Crippen LogP contribution is 2.30. The predicted octanol–water partition coefficient (Wildman–Crippen LogP) is 1.74. The zero-order chi connectivity index (χ0) is 11.1. The van der Waals surface area contributed by atoms with E-state index in [1.54, 1.807) is 14.2 Å². The van der Waals surface area contributed by atoms with E-state index in [-0.39, 0.29) is 0 Å². The van der Waals surface area contributed by atoms with E-state index in [2.05, 4.69) is 5.48 Å². The summed E-state index contributed by atoms with van der Waals surface area (Å²) in [6.07, 6.45) is 0. The summed E-state index contributed by atoms with van der Waals surface area (Å²) in [6, 6.07) is 5.78. The second-order valence-electron chi connectivity index (χ2n) is 2.91. The summed E-state index contributed by atoms with van der Waals surface area (Å²) in [7, 11) is 3.22. The third kappa shape index (κ3) is 3.11. The Hall–Kier alpha value is -1.26. The molecular formula is C11H17NO3. The summed E-state index contributed by atoms with van der Waals surface area (Å²) in [4.78, 5) is 4.80. The normalized spacial score (nSPS) is 10.1. The van der Waals surface area contributed by atoms with E-state index >= 15 is 0 Å². The number of hydrogen-bond donors (Lipinski definition) is 1. The van der Waals surface area contributed by atoms with Gasteiger partial charge in [-0.1, -0.05) is 12.1 Å². The Bertz CT molecular complexity index is 302. The number of rotatable bonds is 6. The number of benzene rings is 1. The maximum absolute atomic E-state index is 5.45. The molecule has 1 rings (SSSR count). The van der Waals surface area contributed by atoms with Crippen molar-refractivity contribution in [2.75, 3.05) is 20.8 Å². The second-order valence-corrected chi connectivity index (χ2v) is 2.91. The van der Waals surface area contributed by atoms with Crippen LogP contribution in [0.2, 0.25) is 0 Å². The van der Waals surface area contributed by atoms with Crippen molar-refractivity contribution in [3.8, 4) is 11.5 Å². The van der Waals surface area contributed by atoms with E-state index in [4.69, 9.17) is 14.3 Å². The molecule has 15 heavy (non-hydrogen) atoms. The number of nitrogens with one attached hydrogen (secondary N) is 1. The van der Waals surface area contributed by atoms with Crippen LogP contribution in [0.1, 0.15) is 12.5 Å². The average molecular weight is 211 g/mol. The Balaban J connectivity index is 2.88. The molecule has 0 aromatic heterocycles. The summed E-state index contributed by atoms with van der Waals surface area (Å²) in [5, 5.41) is 0. The average Bonchev–Trinajstić information content (AvgIpc) is 2.27. The first kappa shape index (κ1) is 11.8. The third-order valence-electron chi connectivity index (χ3n) is 1.97. The van der Waals surface area contributed by atoms with E-state index in [0.717, 1.165) is 17.1 Å². The first-order valence-corrected chi connectivity index (χ1v) is 4.88. The number of hydrogen-bond acceptors (Lipinski definition) is 4. The number of para-hydroxylation sites is 1. The lowest BCUT2D eigenvalue weighted by atomic mass is 10.2. The Morgan fingerprint density at radius 1 is 1.27 bits per heavy atom. The summed E-state index contributed by atoms with van der Waals surface area (Å²) in [6.45, 7) is 3.15. The van der Waals surface area contributed by atoms with E-state index < -0.39 is 0 Å². The van der Waals surface area contributed by atoms with Gasteiger partial charge >= 0.3 is 0 Å². The van der Waals surface area contributed by atoms with E-state index in [9.17, 15) is 0 Å². The Morgan fingerprint density at radius 3 is 2.67 bits per heavy atom. The molecule has 0 bridgehead atoms. The van der Waals surface area contributed by atoms with Gasteiger partial charge in [0.05, 0.1) is 20.8 Å². The Morgan fingerprint density at radius 2 is 2.07 bits per heavy atom. The van der Waals surface area contributed by atoms with Crippen molar-refractivity contribution in [2.45, 2.75) is 13.5 Å². The minimum absolute atomic E-state index is 0.584. The zero-order valence-corrected chi connectivity index (χ0v) is 9.37. The first-order valence-electron chi connectivity index (χ1n) is 4.88. The fourth-order valence-electron chi connectivity index (χ4n) is 1.35. The van der Waals surface area contributed by atoms with Crippen LogP contribution in [0.5, 0.6) is 11.5 Å². The minimum atomic E-state index is 0.584. The van der Waals surface area contributed by atoms with Crippen LogP contribution in [0.3, 0.4) is 0 Å². The molecule has 4 heteroatoms.